The van der Waals surface area contributed by atoms with Crippen LogP contribution in [0, 0.1) is 0 Å². The van der Waals surface area contributed by atoms with Crippen molar-refractivity contribution < 1.29 is 10.4 Å². The highest BCUT2D eigenvalue weighted by molar-refractivity contribution is 5.77. The Bertz CT molecular complexity index is 518. The van der Waals surface area contributed by atoms with Crippen molar-refractivity contribution in [1.29, 1.82) is 0 Å². The minimum absolute atomic E-state index is 0.104. The van der Waals surface area contributed by atoms with Gasteiger partial charge in [-0.25, -0.2) is 10.4 Å². The monoisotopic (exact) mass is 272 g/mol. The molecule has 2 aromatic rings. The molecule has 6 heteroatoms. The van der Waals surface area contributed by atoms with Gasteiger partial charge in [0.05, 0.1) is 0 Å². The van der Waals surface area contributed by atoms with E-state index in [2.05, 4.69) is 10.4 Å². The summed E-state index contributed by atoms with van der Waals surface area (Å²) in [4.78, 5) is 4.28. The summed E-state index contributed by atoms with van der Waals surface area (Å²) in [5.41, 5.74) is 9.61. The second-order valence-electron chi connectivity index (χ2n) is 4.14. The first-order valence-electron chi connectivity index (χ1n) is 6.04. The van der Waals surface area contributed by atoms with Crippen LogP contribution >= 0.6 is 0 Å². The molecular weight excluding hydrogens is 256 g/mol. The molecule has 0 fully saturated rings. The summed E-state index contributed by atoms with van der Waals surface area (Å²) in [7, 11) is 0. The molecule has 5 N–H and O–H groups in total. The molecule has 0 amide bonds. The smallest absolute Gasteiger partial charge is 0.208 e. The van der Waals surface area contributed by atoms with Crippen molar-refractivity contribution in [2.75, 3.05) is 0 Å². The number of nitrogens with two attached hydrogens (primary N) is 1. The van der Waals surface area contributed by atoms with E-state index in [-0.39, 0.29) is 17.3 Å². The lowest BCUT2D eigenvalue weighted by Crippen LogP contribution is -2.42. The Labute approximate surface area is 116 Å². The Morgan fingerprint density at radius 2 is 1.40 bits per heavy atom. The molecule has 20 heavy (non-hydrogen) atoms. The fraction of sp³-hybridized carbons (Fsp3) is 0.0714. The number of guanidine groups is 1. The Morgan fingerprint density at radius 3 is 1.80 bits per heavy atom. The maximum absolute atomic E-state index is 8.69. The molecule has 0 aromatic heterocycles. The molecule has 0 aliphatic heterocycles. The number of aliphatic imine (C=N–C) groups is 1. The number of hydrazine groups is 1. The maximum Gasteiger partial charge on any atom is 0.208 e. The first-order valence-corrected chi connectivity index (χ1v) is 6.04. The van der Waals surface area contributed by atoms with E-state index in [1.54, 1.807) is 0 Å². The zero-order valence-electron chi connectivity index (χ0n) is 10.7. The molecule has 0 aliphatic carbocycles. The molecule has 0 spiro atoms. The topological polar surface area (TPSA) is 94.1 Å². The van der Waals surface area contributed by atoms with Crippen molar-refractivity contribution in [2.24, 2.45) is 10.7 Å². The highest BCUT2D eigenvalue weighted by Crippen LogP contribution is 2.25. The molecule has 0 saturated heterocycles. The van der Waals surface area contributed by atoms with Crippen LogP contribution in [0.15, 0.2) is 65.7 Å². The molecule has 0 radical (unpaired) electrons. The summed E-state index contributed by atoms with van der Waals surface area (Å²) < 4.78 is 0. The van der Waals surface area contributed by atoms with E-state index in [0.717, 1.165) is 11.1 Å². The van der Waals surface area contributed by atoms with Crippen LogP contribution in [0.1, 0.15) is 17.2 Å². The van der Waals surface area contributed by atoms with Gasteiger partial charge in [-0.2, -0.15) is 0 Å². The van der Waals surface area contributed by atoms with Gasteiger partial charge in [0.2, 0.25) is 5.96 Å². The molecular formula is C14H16N4O2. The first kappa shape index (κ1) is 14.0. The Morgan fingerprint density at radius 1 is 0.950 bits per heavy atom. The van der Waals surface area contributed by atoms with Gasteiger partial charge in [0.15, 0.2) is 0 Å². The van der Waals surface area contributed by atoms with E-state index in [1.807, 2.05) is 60.7 Å². The minimum Gasteiger partial charge on any atom is -0.369 e. The largest absolute Gasteiger partial charge is 0.369 e. The second kappa shape index (κ2) is 6.67. The predicted molar refractivity (Wildman–Crippen MR) is 74.9 cm³/mol. The van der Waals surface area contributed by atoms with Crippen molar-refractivity contribution >= 4 is 5.96 Å². The van der Waals surface area contributed by atoms with Crippen LogP contribution in [-0.4, -0.2) is 21.7 Å². The second-order valence-corrected chi connectivity index (χ2v) is 4.14. The molecule has 6 nitrogen and oxygen atoms in total. The third kappa shape index (κ3) is 3.79. The fourth-order valence-corrected chi connectivity index (χ4v) is 1.88. The van der Waals surface area contributed by atoms with Crippen LogP contribution in [0.3, 0.4) is 0 Å². The van der Waals surface area contributed by atoms with Crippen LogP contribution in [-0.2, 0) is 0 Å². The van der Waals surface area contributed by atoms with Crippen LogP contribution in [0.25, 0.3) is 0 Å². The number of benzene rings is 2. The predicted octanol–water partition coefficient (Wildman–Crippen LogP) is 1.68. The van der Waals surface area contributed by atoms with Gasteiger partial charge in [-0.05, 0) is 11.1 Å². The average molecular weight is 272 g/mol. The zero-order chi connectivity index (χ0) is 14.4. The Hall–Kier alpha value is -2.41. The minimum atomic E-state index is -0.329. The van der Waals surface area contributed by atoms with E-state index in [9.17, 15) is 0 Å². The quantitative estimate of drug-likeness (QED) is 0.386. The standard InChI is InChI=1S/C14H16N4O2/c15-14(17-18(19)20)16-13(11-7-3-1-4-8-11)12-9-5-2-6-10-12/h1-10,13,19-20H,(H3,15,16,17). The van der Waals surface area contributed by atoms with Crippen molar-refractivity contribution in [1.82, 2.24) is 10.8 Å². The number of nitrogens with one attached hydrogen (secondary N) is 1. The van der Waals surface area contributed by atoms with Gasteiger partial charge in [0.25, 0.3) is 0 Å². The summed E-state index contributed by atoms with van der Waals surface area (Å²) in [5.74, 6) is -0.104. The van der Waals surface area contributed by atoms with Crippen LogP contribution in [0.5, 0.6) is 0 Å². The number of hydrogen-bond acceptors (Lipinski definition) is 4. The van der Waals surface area contributed by atoms with Crippen LogP contribution < -0.4 is 11.2 Å². The number of hydrogen-bond donors (Lipinski definition) is 4. The van der Waals surface area contributed by atoms with Gasteiger partial charge in [0, 0.05) is 5.34 Å². The van der Waals surface area contributed by atoms with Gasteiger partial charge < -0.3 is 5.73 Å². The van der Waals surface area contributed by atoms with Crippen molar-refractivity contribution in [3.63, 3.8) is 0 Å². The molecule has 0 unspecified atom stereocenters. The molecule has 0 aliphatic rings. The van der Waals surface area contributed by atoms with Gasteiger partial charge in [-0.1, -0.05) is 60.7 Å². The van der Waals surface area contributed by atoms with Gasteiger partial charge in [0.1, 0.15) is 6.04 Å². The van der Waals surface area contributed by atoms with E-state index < -0.39 is 0 Å². The maximum atomic E-state index is 8.69. The van der Waals surface area contributed by atoms with E-state index >= 15 is 0 Å². The fourth-order valence-electron chi connectivity index (χ4n) is 1.88. The van der Waals surface area contributed by atoms with Crippen molar-refractivity contribution in [2.45, 2.75) is 6.04 Å². The Kier molecular flexibility index (Phi) is 4.67. The number of rotatable bonds is 4. The van der Waals surface area contributed by atoms with Gasteiger partial charge in [-0.3, -0.25) is 10.4 Å². The SMILES string of the molecule is NC(=NC(c1ccccc1)c1ccccc1)NN(O)O. The van der Waals surface area contributed by atoms with E-state index in [4.69, 9.17) is 16.1 Å². The molecule has 0 bridgehead atoms. The highest BCUT2D eigenvalue weighted by Gasteiger charge is 2.13. The first-order chi connectivity index (χ1) is 9.66. The summed E-state index contributed by atoms with van der Waals surface area (Å²) in [5, 5.41) is 17.2. The number of nitrogens with zero attached hydrogens (tertiary/aromatic N) is 2. The summed E-state index contributed by atoms with van der Waals surface area (Å²) >= 11 is 0. The molecule has 2 aromatic carbocycles. The normalized spacial score (nSPS) is 11.9. The van der Waals surface area contributed by atoms with Crippen molar-refractivity contribution in [3.8, 4) is 0 Å². The van der Waals surface area contributed by atoms with Crippen LogP contribution in [0.4, 0.5) is 0 Å². The lowest BCUT2D eigenvalue weighted by Gasteiger charge is -2.16. The van der Waals surface area contributed by atoms with E-state index in [1.165, 1.54) is 0 Å². The lowest BCUT2D eigenvalue weighted by molar-refractivity contribution is -0.329. The van der Waals surface area contributed by atoms with Crippen LogP contribution in [0.2, 0.25) is 0 Å². The third-order valence-electron chi connectivity index (χ3n) is 2.71. The molecule has 0 heterocycles. The molecule has 0 saturated carbocycles. The highest BCUT2D eigenvalue weighted by atomic mass is 16.8. The summed E-state index contributed by atoms with van der Waals surface area (Å²) in [6.07, 6.45) is 0. The average Bonchev–Trinajstić information content (AvgIpc) is 2.46. The summed E-state index contributed by atoms with van der Waals surface area (Å²) in [6, 6.07) is 18.9. The van der Waals surface area contributed by atoms with Gasteiger partial charge in [-0.15, -0.1) is 0 Å². The molecule has 0 atom stereocenters. The van der Waals surface area contributed by atoms with Crippen molar-refractivity contribution in [3.05, 3.63) is 71.8 Å². The van der Waals surface area contributed by atoms with Gasteiger partial charge >= 0.3 is 0 Å². The van der Waals surface area contributed by atoms with E-state index in [0.29, 0.717) is 0 Å². The Balaban J connectivity index is 2.35. The summed E-state index contributed by atoms with van der Waals surface area (Å²) in [6.45, 7) is 0. The molecule has 104 valence electrons. The molecule has 2 rings (SSSR count). The lowest BCUT2D eigenvalue weighted by atomic mass is 9.99. The zero-order valence-corrected chi connectivity index (χ0v) is 10.7. The third-order valence-corrected chi connectivity index (χ3v) is 2.71.